The van der Waals surface area contributed by atoms with Crippen LogP contribution in [0.3, 0.4) is 0 Å². The molecule has 2 aliphatic rings. The molecule has 1 amide bonds. The van der Waals surface area contributed by atoms with Gasteiger partial charge < -0.3 is 14.8 Å². The minimum absolute atomic E-state index is 0.133. The summed E-state index contributed by atoms with van der Waals surface area (Å²) in [5.74, 6) is -0.133. The predicted octanol–water partition coefficient (Wildman–Crippen LogP) is 2.39. The molecule has 0 saturated carbocycles. The molecule has 4 rings (SSSR count). The van der Waals surface area contributed by atoms with Crippen molar-refractivity contribution < 1.29 is 4.79 Å². The van der Waals surface area contributed by atoms with E-state index in [1.165, 1.54) is 6.42 Å². The van der Waals surface area contributed by atoms with Crippen LogP contribution < -0.4 is 5.43 Å². The quantitative estimate of drug-likeness (QED) is 0.868. The number of hydrogen-bond acceptors (Lipinski definition) is 3. The number of para-hydroxylation sites is 1. The predicted molar refractivity (Wildman–Crippen MR) is 99.0 cm³/mol. The van der Waals surface area contributed by atoms with Gasteiger partial charge in [-0.3, -0.25) is 9.59 Å². The Balaban J connectivity index is 1.57. The number of rotatable bonds is 1. The van der Waals surface area contributed by atoms with Gasteiger partial charge in [-0.1, -0.05) is 12.1 Å². The summed E-state index contributed by atoms with van der Waals surface area (Å²) in [6.07, 6.45) is 4.89. The van der Waals surface area contributed by atoms with E-state index in [1.54, 1.807) is 12.3 Å². The molecule has 1 aromatic carbocycles. The van der Waals surface area contributed by atoms with E-state index in [0.717, 1.165) is 50.1 Å². The number of aromatic nitrogens is 1. The lowest BCUT2D eigenvalue weighted by atomic mass is 9.77. The van der Waals surface area contributed by atoms with Crippen LogP contribution in [0.5, 0.6) is 0 Å². The Morgan fingerprint density at radius 3 is 2.56 bits per heavy atom. The van der Waals surface area contributed by atoms with Crippen molar-refractivity contribution in [3.63, 3.8) is 0 Å². The minimum Gasteiger partial charge on any atom is -0.360 e. The molecule has 0 aliphatic carbocycles. The lowest BCUT2D eigenvalue weighted by Crippen LogP contribution is -2.45. The maximum Gasteiger partial charge on any atom is 0.259 e. The summed E-state index contributed by atoms with van der Waals surface area (Å²) < 4.78 is 0. The van der Waals surface area contributed by atoms with Crippen molar-refractivity contribution >= 4 is 16.8 Å². The zero-order chi connectivity index (χ0) is 17.6. The third-order valence-corrected chi connectivity index (χ3v) is 6.09. The third-order valence-electron chi connectivity index (χ3n) is 6.09. The molecule has 25 heavy (non-hydrogen) atoms. The van der Waals surface area contributed by atoms with Crippen molar-refractivity contribution in [1.82, 2.24) is 14.8 Å². The van der Waals surface area contributed by atoms with Crippen molar-refractivity contribution in [2.24, 2.45) is 5.41 Å². The van der Waals surface area contributed by atoms with Crippen LogP contribution in [0.2, 0.25) is 0 Å². The van der Waals surface area contributed by atoms with Crippen LogP contribution in [0.4, 0.5) is 0 Å². The standard InChI is InChI=1S/C20H25N3O2/c1-14-4-3-5-15-17(14)21-12-16(18(15)24)19(25)23-10-7-20(8-11-23)6-9-22(2)13-20/h3-5,12H,6-11,13H2,1-2H3,(H,21,24). The molecule has 0 bridgehead atoms. The van der Waals surface area contributed by atoms with Crippen LogP contribution in [0.15, 0.2) is 29.2 Å². The molecule has 2 saturated heterocycles. The highest BCUT2D eigenvalue weighted by Crippen LogP contribution is 2.39. The molecule has 2 aromatic rings. The highest BCUT2D eigenvalue weighted by molar-refractivity contribution is 5.97. The van der Waals surface area contributed by atoms with Crippen LogP contribution in [0.25, 0.3) is 10.9 Å². The molecule has 0 atom stereocenters. The number of carbonyl (C=O) groups excluding carboxylic acids is 1. The van der Waals surface area contributed by atoms with Crippen molar-refractivity contribution in [3.8, 4) is 0 Å². The van der Waals surface area contributed by atoms with Gasteiger partial charge in [0, 0.05) is 31.2 Å². The van der Waals surface area contributed by atoms with Crippen LogP contribution >= 0.6 is 0 Å². The highest BCUT2D eigenvalue weighted by Gasteiger charge is 2.40. The molecule has 132 valence electrons. The fraction of sp³-hybridized carbons (Fsp3) is 0.500. The largest absolute Gasteiger partial charge is 0.360 e. The molecule has 3 heterocycles. The molecule has 2 aliphatic heterocycles. The van der Waals surface area contributed by atoms with Gasteiger partial charge in [-0.05, 0) is 56.8 Å². The van der Waals surface area contributed by atoms with Gasteiger partial charge in [-0.15, -0.1) is 0 Å². The van der Waals surface area contributed by atoms with E-state index in [2.05, 4.69) is 16.9 Å². The minimum atomic E-state index is -0.164. The molecule has 1 aromatic heterocycles. The molecule has 1 N–H and O–H groups in total. The van der Waals surface area contributed by atoms with Gasteiger partial charge in [0.25, 0.3) is 5.91 Å². The molecular formula is C20H25N3O2. The van der Waals surface area contributed by atoms with E-state index in [9.17, 15) is 9.59 Å². The Kier molecular flexibility index (Phi) is 3.91. The first kappa shape index (κ1) is 16.3. The monoisotopic (exact) mass is 339 g/mol. The van der Waals surface area contributed by atoms with E-state index < -0.39 is 0 Å². The number of aryl methyl sites for hydroxylation is 1. The average molecular weight is 339 g/mol. The molecule has 5 nitrogen and oxygen atoms in total. The summed E-state index contributed by atoms with van der Waals surface area (Å²) in [6.45, 7) is 5.74. The maximum atomic E-state index is 12.9. The van der Waals surface area contributed by atoms with Crippen molar-refractivity contribution in [1.29, 1.82) is 0 Å². The van der Waals surface area contributed by atoms with Crippen molar-refractivity contribution in [2.45, 2.75) is 26.2 Å². The zero-order valence-electron chi connectivity index (χ0n) is 15.0. The van der Waals surface area contributed by atoms with Gasteiger partial charge in [0.1, 0.15) is 5.56 Å². The number of nitrogens with one attached hydrogen (secondary N) is 1. The summed E-state index contributed by atoms with van der Waals surface area (Å²) in [4.78, 5) is 33.1. The average Bonchev–Trinajstić information content (AvgIpc) is 2.96. The third kappa shape index (κ3) is 2.76. The maximum absolute atomic E-state index is 12.9. The smallest absolute Gasteiger partial charge is 0.259 e. The van der Waals surface area contributed by atoms with E-state index in [4.69, 9.17) is 0 Å². The zero-order valence-corrected chi connectivity index (χ0v) is 15.0. The second kappa shape index (κ2) is 5.99. The number of aromatic amines is 1. The summed E-state index contributed by atoms with van der Waals surface area (Å²) in [5, 5.41) is 0.594. The normalized spacial score (nSPS) is 20.5. The number of benzene rings is 1. The molecule has 1 spiro atoms. The molecular weight excluding hydrogens is 314 g/mol. The molecule has 0 unspecified atom stereocenters. The second-order valence-corrected chi connectivity index (χ2v) is 7.81. The van der Waals surface area contributed by atoms with Crippen LogP contribution in [-0.2, 0) is 0 Å². The van der Waals surface area contributed by atoms with E-state index in [1.807, 2.05) is 24.0 Å². The molecule has 0 radical (unpaired) electrons. The van der Waals surface area contributed by atoms with Crippen LogP contribution in [-0.4, -0.2) is 53.9 Å². The van der Waals surface area contributed by atoms with Gasteiger partial charge in [-0.25, -0.2) is 0 Å². The lowest BCUT2D eigenvalue weighted by molar-refractivity contribution is 0.0592. The number of fused-ring (bicyclic) bond motifs is 1. The van der Waals surface area contributed by atoms with Crippen LogP contribution in [0, 0.1) is 12.3 Å². The fourth-order valence-electron chi connectivity index (χ4n) is 4.48. The number of hydrogen-bond donors (Lipinski definition) is 1. The number of nitrogens with zero attached hydrogens (tertiary/aromatic N) is 2. The second-order valence-electron chi connectivity index (χ2n) is 7.81. The summed E-state index contributed by atoms with van der Waals surface area (Å²) in [6, 6.07) is 5.61. The van der Waals surface area contributed by atoms with Crippen molar-refractivity contribution in [3.05, 3.63) is 45.7 Å². The van der Waals surface area contributed by atoms with E-state index in [0.29, 0.717) is 10.8 Å². The highest BCUT2D eigenvalue weighted by atomic mass is 16.2. The summed E-state index contributed by atoms with van der Waals surface area (Å²) in [7, 11) is 2.17. The number of pyridine rings is 1. The molecule has 2 fully saturated rings. The Morgan fingerprint density at radius 2 is 1.88 bits per heavy atom. The first-order chi connectivity index (χ1) is 12.0. The first-order valence-electron chi connectivity index (χ1n) is 9.08. The Morgan fingerprint density at radius 1 is 1.16 bits per heavy atom. The van der Waals surface area contributed by atoms with Gasteiger partial charge in [0.05, 0.1) is 5.52 Å². The van der Waals surface area contributed by atoms with E-state index in [-0.39, 0.29) is 16.9 Å². The number of amides is 1. The Hall–Kier alpha value is -2.14. The summed E-state index contributed by atoms with van der Waals surface area (Å²) >= 11 is 0. The first-order valence-corrected chi connectivity index (χ1v) is 9.08. The summed E-state index contributed by atoms with van der Waals surface area (Å²) in [5.41, 5.74) is 2.30. The van der Waals surface area contributed by atoms with Gasteiger partial charge in [-0.2, -0.15) is 0 Å². The topological polar surface area (TPSA) is 56.4 Å². The Labute approximate surface area is 147 Å². The number of likely N-dealkylation sites (tertiary alicyclic amines) is 2. The SMILES string of the molecule is Cc1cccc2c(=O)c(C(=O)N3CCC4(CCN(C)C4)CC3)c[nH]c12. The van der Waals surface area contributed by atoms with Gasteiger partial charge >= 0.3 is 0 Å². The van der Waals surface area contributed by atoms with Crippen molar-refractivity contribution in [2.75, 3.05) is 33.2 Å². The Bertz CT molecular complexity index is 878. The lowest BCUT2D eigenvalue weighted by Gasteiger charge is -2.39. The fourth-order valence-corrected chi connectivity index (χ4v) is 4.48. The number of piperidine rings is 1. The van der Waals surface area contributed by atoms with E-state index >= 15 is 0 Å². The number of carbonyl (C=O) groups is 1. The molecule has 5 heteroatoms. The van der Waals surface area contributed by atoms with Crippen LogP contribution in [0.1, 0.15) is 35.2 Å². The van der Waals surface area contributed by atoms with Gasteiger partial charge in [0.15, 0.2) is 0 Å². The van der Waals surface area contributed by atoms with Gasteiger partial charge in [0.2, 0.25) is 5.43 Å². The number of H-pyrrole nitrogens is 1.